The van der Waals surface area contributed by atoms with E-state index in [9.17, 15) is 27.9 Å². The molecule has 0 radical (unpaired) electrons. The van der Waals surface area contributed by atoms with Crippen molar-refractivity contribution in [2.24, 2.45) is 5.73 Å². The van der Waals surface area contributed by atoms with Crippen molar-refractivity contribution in [2.45, 2.75) is 42.2 Å². The molecule has 0 bridgehead atoms. The topological polar surface area (TPSA) is 168 Å². The molecule has 2 fully saturated rings. The van der Waals surface area contributed by atoms with Crippen molar-refractivity contribution in [1.29, 1.82) is 0 Å². The number of carbonyl (C=O) groups is 3. The van der Waals surface area contributed by atoms with Crippen LogP contribution >= 0.6 is 0 Å². The van der Waals surface area contributed by atoms with Crippen LogP contribution < -0.4 is 16.4 Å². The SMILES string of the molecule is NC(=O)C(Cc1ccc(-c2ccc(S(=O)(=O)N3CCC3)cc2)cc1)NC(=O)C1(NC(=O)O)CCOCC1. The third-order valence-corrected chi connectivity index (χ3v) is 8.72. The number of hydrogen-bond donors (Lipinski definition) is 4. The molecule has 1 atom stereocenters. The number of rotatable bonds is 9. The van der Waals surface area contributed by atoms with Crippen molar-refractivity contribution in [3.05, 3.63) is 54.1 Å². The third kappa shape index (κ3) is 5.92. The van der Waals surface area contributed by atoms with Crippen LogP contribution in [0.5, 0.6) is 0 Å². The van der Waals surface area contributed by atoms with Gasteiger partial charge in [-0.05, 0) is 35.2 Å². The monoisotopic (exact) mass is 530 g/mol. The fourth-order valence-electron chi connectivity index (χ4n) is 4.42. The number of carboxylic acid groups (broad SMARTS) is 1. The second-order valence-corrected chi connectivity index (χ2v) is 11.2. The Hall–Kier alpha value is -3.48. The van der Waals surface area contributed by atoms with Gasteiger partial charge in [0.1, 0.15) is 11.6 Å². The van der Waals surface area contributed by atoms with Crippen molar-refractivity contribution >= 4 is 27.9 Å². The lowest BCUT2D eigenvalue weighted by Gasteiger charge is -2.36. The third-order valence-electron chi connectivity index (χ3n) is 6.81. The number of primary amides is 1. The van der Waals surface area contributed by atoms with Gasteiger partial charge in [-0.25, -0.2) is 13.2 Å². The molecule has 4 rings (SSSR count). The molecule has 2 heterocycles. The lowest BCUT2D eigenvalue weighted by atomic mass is 9.88. The van der Waals surface area contributed by atoms with E-state index < -0.39 is 39.5 Å². The Kier molecular flexibility index (Phi) is 7.81. The molecule has 12 heteroatoms. The zero-order valence-electron chi connectivity index (χ0n) is 20.2. The predicted octanol–water partition coefficient (Wildman–Crippen LogP) is 1.08. The summed E-state index contributed by atoms with van der Waals surface area (Å²) in [6.45, 7) is 1.51. The number of carbonyl (C=O) groups excluding carboxylic acids is 2. The summed E-state index contributed by atoms with van der Waals surface area (Å²) < 4.78 is 31.8. The Balaban J connectivity index is 1.44. The summed E-state index contributed by atoms with van der Waals surface area (Å²) in [6.07, 6.45) is -0.0608. The van der Waals surface area contributed by atoms with Crippen LogP contribution in [-0.4, -0.2) is 73.6 Å². The first-order chi connectivity index (χ1) is 17.6. The molecule has 2 aromatic carbocycles. The molecular formula is C25H30N4O7S. The summed E-state index contributed by atoms with van der Waals surface area (Å²) in [5, 5.41) is 14.1. The van der Waals surface area contributed by atoms with Crippen molar-refractivity contribution in [2.75, 3.05) is 26.3 Å². The van der Waals surface area contributed by atoms with Crippen LogP contribution in [0.1, 0.15) is 24.8 Å². The number of amides is 3. The molecule has 198 valence electrons. The van der Waals surface area contributed by atoms with Crippen LogP contribution in [0.15, 0.2) is 53.4 Å². The zero-order valence-corrected chi connectivity index (χ0v) is 21.0. The number of hydrogen-bond acceptors (Lipinski definition) is 6. The van der Waals surface area contributed by atoms with Crippen LogP contribution in [0.4, 0.5) is 4.79 Å². The molecule has 37 heavy (non-hydrogen) atoms. The van der Waals surface area contributed by atoms with Gasteiger partial charge in [-0.3, -0.25) is 9.59 Å². The first-order valence-corrected chi connectivity index (χ1v) is 13.4. The average Bonchev–Trinajstić information content (AvgIpc) is 2.83. The number of nitrogens with one attached hydrogen (secondary N) is 2. The van der Waals surface area contributed by atoms with E-state index >= 15 is 0 Å². The lowest BCUT2D eigenvalue weighted by molar-refractivity contribution is -0.134. The van der Waals surface area contributed by atoms with Gasteiger partial charge in [-0.1, -0.05) is 36.4 Å². The quantitative estimate of drug-likeness (QED) is 0.376. The summed E-state index contributed by atoms with van der Waals surface area (Å²) >= 11 is 0. The molecule has 5 N–H and O–H groups in total. The highest BCUT2D eigenvalue weighted by atomic mass is 32.2. The van der Waals surface area contributed by atoms with Gasteiger partial charge in [0.15, 0.2) is 0 Å². The molecule has 1 unspecified atom stereocenters. The average molecular weight is 531 g/mol. The fourth-order valence-corrected chi connectivity index (χ4v) is 5.93. The summed E-state index contributed by atoms with van der Waals surface area (Å²) in [4.78, 5) is 36.7. The lowest BCUT2D eigenvalue weighted by Crippen LogP contribution is -2.63. The van der Waals surface area contributed by atoms with E-state index in [-0.39, 0.29) is 37.4 Å². The molecule has 0 saturated carbocycles. The van der Waals surface area contributed by atoms with E-state index in [1.54, 1.807) is 36.4 Å². The summed E-state index contributed by atoms with van der Waals surface area (Å²) in [6, 6.07) is 12.9. The molecular weight excluding hydrogens is 500 g/mol. The number of benzene rings is 2. The molecule has 2 aliphatic heterocycles. The summed E-state index contributed by atoms with van der Waals surface area (Å²) in [5.41, 5.74) is 6.57. The van der Waals surface area contributed by atoms with Crippen molar-refractivity contribution < 1.29 is 32.6 Å². The maximum atomic E-state index is 13.0. The summed E-state index contributed by atoms with van der Waals surface area (Å²) in [7, 11) is -3.45. The Labute approximate surface area is 215 Å². The maximum absolute atomic E-state index is 13.0. The minimum Gasteiger partial charge on any atom is -0.465 e. The molecule has 2 aliphatic rings. The van der Waals surface area contributed by atoms with Gasteiger partial charge in [0.25, 0.3) is 0 Å². The van der Waals surface area contributed by atoms with E-state index in [2.05, 4.69) is 10.6 Å². The number of sulfonamides is 1. The molecule has 2 aromatic rings. The van der Waals surface area contributed by atoms with Crippen molar-refractivity contribution in [3.8, 4) is 11.1 Å². The van der Waals surface area contributed by atoms with E-state index in [1.807, 2.05) is 12.1 Å². The van der Waals surface area contributed by atoms with E-state index in [1.165, 1.54) is 4.31 Å². The van der Waals surface area contributed by atoms with Gasteiger partial charge in [0, 0.05) is 45.6 Å². The van der Waals surface area contributed by atoms with E-state index in [0.29, 0.717) is 13.1 Å². The minimum atomic E-state index is -3.45. The zero-order chi connectivity index (χ0) is 26.6. The van der Waals surface area contributed by atoms with Crippen LogP contribution in [-0.2, 0) is 30.8 Å². The molecule has 3 amide bonds. The highest BCUT2D eigenvalue weighted by Gasteiger charge is 2.42. The molecule has 0 aliphatic carbocycles. The first-order valence-electron chi connectivity index (χ1n) is 12.0. The Morgan fingerprint density at radius 1 is 1.00 bits per heavy atom. The molecule has 0 aromatic heterocycles. The second kappa shape index (κ2) is 10.9. The fraction of sp³-hybridized carbons (Fsp3) is 0.400. The van der Waals surface area contributed by atoms with Gasteiger partial charge < -0.3 is 26.2 Å². The van der Waals surface area contributed by atoms with Crippen LogP contribution in [0, 0.1) is 0 Å². The second-order valence-electron chi connectivity index (χ2n) is 9.24. The number of ether oxygens (including phenoxy) is 1. The highest BCUT2D eigenvalue weighted by Crippen LogP contribution is 2.26. The van der Waals surface area contributed by atoms with E-state index in [0.717, 1.165) is 23.1 Å². The predicted molar refractivity (Wildman–Crippen MR) is 134 cm³/mol. The highest BCUT2D eigenvalue weighted by molar-refractivity contribution is 7.89. The standard InChI is InChI=1S/C25H30N4O7S/c26-22(30)21(27-23(31)25(28-24(32)33)10-14-36-15-11-25)16-17-2-4-18(5-3-17)19-6-8-20(9-7-19)37(34,35)29-12-1-13-29/h2-9,21,28H,1,10-16H2,(H2,26,30)(H,27,31)(H,32,33). The van der Waals surface area contributed by atoms with Gasteiger partial charge >= 0.3 is 6.09 Å². The Bertz CT molecular complexity index is 1250. The normalized spacial score (nSPS) is 18.3. The van der Waals surface area contributed by atoms with Gasteiger partial charge in [-0.2, -0.15) is 4.31 Å². The molecule has 2 saturated heterocycles. The van der Waals surface area contributed by atoms with Crippen LogP contribution in [0.25, 0.3) is 11.1 Å². The first kappa shape index (κ1) is 26.6. The molecule has 0 spiro atoms. The van der Waals surface area contributed by atoms with Gasteiger partial charge in [-0.15, -0.1) is 0 Å². The van der Waals surface area contributed by atoms with Crippen molar-refractivity contribution in [3.63, 3.8) is 0 Å². The molecule has 11 nitrogen and oxygen atoms in total. The number of nitrogens with two attached hydrogens (primary N) is 1. The van der Waals surface area contributed by atoms with Crippen LogP contribution in [0.3, 0.4) is 0 Å². The van der Waals surface area contributed by atoms with Crippen LogP contribution in [0.2, 0.25) is 0 Å². The minimum absolute atomic E-state index is 0.119. The number of nitrogens with zero attached hydrogens (tertiary/aromatic N) is 1. The Morgan fingerprint density at radius 3 is 2.05 bits per heavy atom. The largest absolute Gasteiger partial charge is 0.465 e. The van der Waals surface area contributed by atoms with Gasteiger partial charge in [0.05, 0.1) is 4.90 Å². The van der Waals surface area contributed by atoms with E-state index in [4.69, 9.17) is 10.5 Å². The Morgan fingerprint density at radius 2 is 1.57 bits per heavy atom. The summed E-state index contributed by atoms with van der Waals surface area (Å²) in [5.74, 6) is -1.36. The smallest absolute Gasteiger partial charge is 0.405 e. The van der Waals surface area contributed by atoms with Gasteiger partial charge in [0.2, 0.25) is 21.8 Å². The maximum Gasteiger partial charge on any atom is 0.405 e. The van der Waals surface area contributed by atoms with Crippen molar-refractivity contribution in [1.82, 2.24) is 14.9 Å².